The van der Waals surface area contributed by atoms with Gasteiger partial charge in [-0.25, -0.2) is 14.4 Å². The lowest BCUT2D eigenvalue weighted by Gasteiger charge is -2.30. The average Bonchev–Trinajstić information content (AvgIpc) is 3.26. The summed E-state index contributed by atoms with van der Waals surface area (Å²) in [6, 6.07) is 17.0. The lowest BCUT2D eigenvalue weighted by Crippen LogP contribution is -2.42. The number of carboxylic acids is 2. The highest BCUT2D eigenvalue weighted by Gasteiger charge is 2.25. The molecule has 1 aliphatic carbocycles. The molecule has 0 atom stereocenters. The number of carbonyl (C=O) groups is 3. The van der Waals surface area contributed by atoms with Gasteiger partial charge < -0.3 is 20.3 Å². The third-order valence-electron chi connectivity index (χ3n) is 6.74. The highest BCUT2D eigenvalue weighted by molar-refractivity contribution is 7.18. The molecule has 0 radical (unpaired) electrons. The zero-order chi connectivity index (χ0) is 27.1. The second kappa shape index (κ2) is 12.6. The number of carbonyl (C=O) groups excluding carboxylic acids is 1. The van der Waals surface area contributed by atoms with Crippen molar-refractivity contribution in [2.24, 2.45) is 5.92 Å². The molecular formula is C29H32N2O6S. The van der Waals surface area contributed by atoms with E-state index in [0.717, 1.165) is 53.8 Å². The SMILES string of the molecule is Cc1c(-c2cccc(N(CC3CCCCC3)C(=O)NCc3ccccc3)c2)sc(C(=O)O)c1OCC(=O)O. The van der Waals surface area contributed by atoms with E-state index >= 15 is 0 Å². The number of anilines is 1. The van der Waals surface area contributed by atoms with Gasteiger partial charge in [0.1, 0.15) is 5.75 Å². The summed E-state index contributed by atoms with van der Waals surface area (Å²) >= 11 is 1.03. The van der Waals surface area contributed by atoms with Crippen LogP contribution in [-0.4, -0.2) is 41.3 Å². The number of nitrogens with one attached hydrogen (secondary N) is 1. The quantitative estimate of drug-likeness (QED) is 0.285. The van der Waals surface area contributed by atoms with Crippen LogP contribution in [0.1, 0.15) is 52.9 Å². The number of thiophene rings is 1. The van der Waals surface area contributed by atoms with Crippen LogP contribution in [0.3, 0.4) is 0 Å². The number of amides is 2. The fraction of sp³-hybridized carbons (Fsp3) is 0.345. The summed E-state index contributed by atoms with van der Waals surface area (Å²) in [5.74, 6) is -1.89. The van der Waals surface area contributed by atoms with Gasteiger partial charge in [0.05, 0.1) is 0 Å². The van der Waals surface area contributed by atoms with Crippen molar-refractivity contribution in [3.05, 3.63) is 70.6 Å². The van der Waals surface area contributed by atoms with E-state index in [9.17, 15) is 19.5 Å². The van der Waals surface area contributed by atoms with Crippen LogP contribution in [0.4, 0.5) is 10.5 Å². The molecule has 9 heteroatoms. The number of urea groups is 1. The molecule has 1 fully saturated rings. The molecule has 3 N–H and O–H groups in total. The van der Waals surface area contributed by atoms with E-state index < -0.39 is 18.5 Å². The van der Waals surface area contributed by atoms with Crippen molar-refractivity contribution in [2.75, 3.05) is 18.1 Å². The number of rotatable bonds is 10. The van der Waals surface area contributed by atoms with Gasteiger partial charge in [0.25, 0.3) is 0 Å². The molecule has 0 bridgehead atoms. The Kier molecular flexibility index (Phi) is 9.02. The Bertz CT molecular complexity index is 1280. The predicted molar refractivity (Wildman–Crippen MR) is 147 cm³/mol. The topological polar surface area (TPSA) is 116 Å². The minimum absolute atomic E-state index is 0.0520. The lowest BCUT2D eigenvalue weighted by atomic mass is 9.89. The first-order valence-corrected chi connectivity index (χ1v) is 13.6. The maximum atomic E-state index is 13.5. The minimum Gasteiger partial charge on any atom is -0.480 e. The summed E-state index contributed by atoms with van der Waals surface area (Å²) in [7, 11) is 0. The van der Waals surface area contributed by atoms with Crippen LogP contribution in [0.25, 0.3) is 10.4 Å². The third kappa shape index (κ3) is 6.72. The molecule has 38 heavy (non-hydrogen) atoms. The van der Waals surface area contributed by atoms with Gasteiger partial charge in [-0.3, -0.25) is 4.90 Å². The number of hydrogen-bond acceptors (Lipinski definition) is 5. The molecule has 1 aliphatic rings. The van der Waals surface area contributed by atoms with Crippen LogP contribution in [0.5, 0.6) is 5.75 Å². The highest BCUT2D eigenvalue weighted by Crippen LogP contribution is 2.42. The maximum absolute atomic E-state index is 13.5. The summed E-state index contributed by atoms with van der Waals surface area (Å²) in [6.07, 6.45) is 5.71. The van der Waals surface area contributed by atoms with E-state index in [2.05, 4.69) is 5.32 Å². The van der Waals surface area contributed by atoms with Gasteiger partial charge in [-0.2, -0.15) is 0 Å². The van der Waals surface area contributed by atoms with Gasteiger partial charge in [-0.05, 0) is 48.9 Å². The van der Waals surface area contributed by atoms with Crippen molar-refractivity contribution in [2.45, 2.75) is 45.6 Å². The molecule has 1 aromatic heterocycles. The zero-order valence-corrected chi connectivity index (χ0v) is 22.1. The number of carboxylic acid groups (broad SMARTS) is 2. The number of benzene rings is 2. The smallest absolute Gasteiger partial charge is 0.349 e. The molecule has 3 aromatic rings. The van der Waals surface area contributed by atoms with Crippen LogP contribution in [0.2, 0.25) is 0 Å². The lowest BCUT2D eigenvalue weighted by molar-refractivity contribution is -0.139. The largest absolute Gasteiger partial charge is 0.480 e. The first kappa shape index (κ1) is 27.2. The van der Waals surface area contributed by atoms with Crippen LogP contribution in [0, 0.1) is 12.8 Å². The van der Waals surface area contributed by atoms with Crippen molar-refractivity contribution >= 4 is 35.0 Å². The fourth-order valence-electron chi connectivity index (χ4n) is 4.84. The van der Waals surface area contributed by atoms with Crippen LogP contribution in [-0.2, 0) is 11.3 Å². The molecular weight excluding hydrogens is 504 g/mol. The van der Waals surface area contributed by atoms with Gasteiger partial charge in [0.2, 0.25) is 0 Å². The Hall–Kier alpha value is -3.85. The summed E-state index contributed by atoms with van der Waals surface area (Å²) < 4.78 is 5.34. The summed E-state index contributed by atoms with van der Waals surface area (Å²) in [4.78, 5) is 38.7. The van der Waals surface area contributed by atoms with Gasteiger partial charge in [-0.1, -0.05) is 61.7 Å². The van der Waals surface area contributed by atoms with Crippen molar-refractivity contribution < 1.29 is 29.3 Å². The molecule has 0 unspecified atom stereocenters. The average molecular weight is 537 g/mol. The number of aromatic carboxylic acids is 1. The standard InChI is InChI=1S/C29H32N2O6S/c1-19-25(37-18-24(32)33)27(28(34)35)38-26(19)22-13-8-14-23(15-22)31(17-21-11-6-3-7-12-21)29(36)30-16-20-9-4-2-5-10-20/h2,4-5,8-10,13-15,21H,3,6-7,11-12,16-18H2,1H3,(H,30,36)(H,32,33)(H,34,35). The Morgan fingerprint density at radius 3 is 2.45 bits per heavy atom. The fourth-order valence-corrected chi connectivity index (χ4v) is 5.93. The van der Waals surface area contributed by atoms with E-state index in [-0.39, 0.29) is 16.7 Å². The van der Waals surface area contributed by atoms with E-state index in [1.165, 1.54) is 6.42 Å². The Morgan fingerprint density at radius 2 is 1.76 bits per heavy atom. The molecule has 1 heterocycles. The third-order valence-corrected chi connectivity index (χ3v) is 8.05. The van der Waals surface area contributed by atoms with E-state index in [0.29, 0.717) is 29.4 Å². The molecule has 4 rings (SSSR count). The second-order valence-electron chi connectivity index (χ2n) is 9.51. The monoisotopic (exact) mass is 536 g/mol. The maximum Gasteiger partial charge on any atom is 0.349 e. The highest BCUT2D eigenvalue weighted by atomic mass is 32.1. The predicted octanol–water partition coefficient (Wildman–Crippen LogP) is 6.18. The van der Waals surface area contributed by atoms with Gasteiger partial charge in [0, 0.05) is 29.2 Å². The summed E-state index contributed by atoms with van der Waals surface area (Å²) in [5, 5.41) is 21.7. The van der Waals surface area contributed by atoms with Crippen molar-refractivity contribution in [1.29, 1.82) is 0 Å². The van der Waals surface area contributed by atoms with Crippen LogP contribution < -0.4 is 15.0 Å². The van der Waals surface area contributed by atoms with E-state index in [1.807, 2.05) is 54.6 Å². The summed E-state index contributed by atoms with van der Waals surface area (Å²) in [5.41, 5.74) is 3.02. The van der Waals surface area contributed by atoms with E-state index in [4.69, 9.17) is 9.84 Å². The minimum atomic E-state index is -1.18. The molecule has 0 aliphatic heterocycles. The molecule has 0 spiro atoms. The molecule has 200 valence electrons. The molecule has 0 saturated heterocycles. The number of aliphatic carboxylic acids is 1. The van der Waals surface area contributed by atoms with Gasteiger partial charge >= 0.3 is 18.0 Å². The first-order chi connectivity index (χ1) is 18.3. The van der Waals surface area contributed by atoms with Gasteiger partial charge in [-0.15, -0.1) is 11.3 Å². The first-order valence-electron chi connectivity index (χ1n) is 12.7. The second-order valence-corrected chi connectivity index (χ2v) is 10.5. The normalized spacial score (nSPS) is 13.6. The molecule has 8 nitrogen and oxygen atoms in total. The summed E-state index contributed by atoms with van der Waals surface area (Å²) in [6.45, 7) is 2.10. The zero-order valence-electron chi connectivity index (χ0n) is 21.3. The van der Waals surface area contributed by atoms with Crippen LogP contribution in [0.15, 0.2) is 54.6 Å². The number of nitrogens with zero attached hydrogens (tertiary/aromatic N) is 1. The number of ether oxygens (including phenoxy) is 1. The van der Waals surface area contributed by atoms with E-state index in [1.54, 1.807) is 11.8 Å². The molecule has 2 aromatic carbocycles. The van der Waals surface area contributed by atoms with Crippen molar-refractivity contribution in [1.82, 2.24) is 5.32 Å². The Morgan fingerprint density at radius 1 is 1.03 bits per heavy atom. The Labute approximate surface area is 225 Å². The van der Waals surface area contributed by atoms with Crippen molar-refractivity contribution in [3.63, 3.8) is 0 Å². The molecule has 2 amide bonds. The molecule has 1 saturated carbocycles. The Balaban J connectivity index is 1.64. The number of hydrogen-bond donors (Lipinski definition) is 3. The van der Waals surface area contributed by atoms with Crippen LogP contribution >= 0.6 is 11.3 Å². The van der Waals surface area contributed by atoms with Gasteiger partial charge in [0.15, 0.2) is 11.5 Å². The van der Waals surface area contributed by atoms with Crippen molar-refractivity contribution in [3.8, 4) is 16.2 Å².